The van der Waals surface area contributed by atoms with Crippen LogP contribution in [0, 0.1) is 0 Å². The summed E-state index contributed by atoms with van der Waals surface area (Å²) in [7, 11) is 0. The molecule has 1 saturated heterocycles. The number of amides is 1. The third-order valence-electron chi connectivity index (χ3n) is 5.03. The monoisotopic (exact) mass is 378 g/mol. The molecule has 2 fully saturated rings. The van der Waals surface area contributed by atoms with Crippen molar-refractivity contribution in [3.8, 4) is 0 Å². The number of piperazine rings is 1. The van der Waals surface area contributed by atoms with Crippen molar-refractivity contribution in [2.75, 3.05) is 37.6 Å². The van der Waals surface area contributed by atoms with Gasteiger partial charge < -0.3 is 20.4 Å². The lowest BCUT2D eigenvalue weighted by Gasteiger charge is -2.36. The Kier molecular flexibility index (Phi) is 8.83. The van der Waals surface area contributed by atoms with E-state index in [1.807, 2.05) is 12.4 Å². The lowest BCUT2D eigenvalue weighted by molar-refractivity contribution is -0.122. The van der Waals surface area contributed by atoms with E-state index in [4.69, 9.17) is 15.0 Å². The van der Waals surface area contributed by atoms with E-state index in [1.165, 1.54) is 24.9 Å². The van der Waals surface area contributed by atoms with E-state index < -0.39 is 6.16 Å². The Morgan fingerprint density at radius 2 is 1.63 bits per heavy atom. The molecule has 2 aliphatic rings. The predicted octanol–water partition coefficient (Wildman–Crippen LogP) is 2.26. The molecule has 150 valence electrons. The molecule has 0 aromatic carbocycles. The molecule has 1 aromatic rings. The summed E-state index contributed by atoms with van der Waals surface area (Å²) in [6.07, 6.45) is 8.67. The highest BCUT2D eigenvalue weighted by Crippen LogP contribution is 2.18. The first-order chi connectivity index (χ1) is 13.0. The standard InChI is InChI=1S/C18H28N4O.CH2O3/c23-18(20-16-4-2-1-3-5-16)8-11-21-12-14-22(15-13-21)17-6-9-19-10-7-17;2-1(3)4/h6-7,9-10,16H,1-5,8,11-15H2,(H,20,23);(H2,2,3,4). The molecule has 1 saturated carbocycles. The van der Waals surface area contributed by atoms with Gasteiger partial charge in [0, 0.05) is 63.3 Å². The summed E-state index contributed by atoms with van der Waals surface area (Å²) < 4.78 is 0. The second kappa shape index (κ2) is 11.4. The largest absolute Gasteiger partial charge is 0.503 e. The maximum Gasteiger partial charge on any atom is 0.503 e. The Morgan fingerprint density at radius 1 is 1.04 bits per heavy atom. The van der Waals surface area contributed by atoms with Gasteiger partial charge in [0.2, 0.25) is 5.91 Å². The third kappa shape index (κ3) is 8.25. The van der Waals surface area contributed by atoms with Crippen LogP contribution in [0.3, 0.4) is 0 Å². The molecule has 0 unspecified atom stereocenters. The lowest BCUT2D eigenvalue weighted by atomic mass is 9.95. The van der Waals surface area contributed by atoms with Gasteiger partial charge in [-0.2, -0.15) is 0 Å². The number of hydrogen-bond acceptors (Lipinski definition) is 5. The van der Waals surface area contributed by atoms with Gasteiger partial charge in [-0.25, -0.2) is 4.79 Å². The normalized spacial score (nSPS) is 18.3. The molecule has 0 atom stereocenters. The zero-order valence-electron chi connectivity index (χ0n) is 15.7. The van der Waals surface area contributed by atoms with E-state index in [2.05, 4.69) is 32.2 Å². The average Bonchev–Trinajstić information content (AvgIpc) is 2.68. The number of aromatic nitrogens is 1. The summed E-state index contributed by atoms with van der Waals surface area (Å²) in [5.41, 5.74) is 1.25. The van der Waals surface area contributed by atoms with Crippen LogP contribution >= 0.6 is 0 Å². The highest BCUT2D eigenvalue weighted by atomic mass is 16.6. The highest BCUT2D eigenvalue weighted by molar-refractivity contribution is 5.76. The van der Waals surface area contributed by atoms with Gasteiger partial charge in [-0.05, 0) is 25.0 Å². The number of nitrogens with zero attached hydrogens (tertiary/aromatic N) is 3. The fourth-order valence-electron chi connectivity index (χ4n) is 3.59. The van der Waals surface area contributed by atoms with Crippen molar-refractivity contribution in [2.45, 2.75) is 44.6 Å². The fraction of sp³-hybridized carbons (Fsp3) is 0.632. The van der Waals surface area contributed by atoms with E-state index >= 15 is 0 Å². The van der Waals surface area contributed by atoms with E-state index in [0.717, 1.165) is 45.6 Å². The molecule has 1 aromatic heterocycles. The number of carbonyl (C=O) groups excluding carboxylic acids is 1. The van der Waals surface area contributed by atoms with Gasteiger partial charge in [0.1, 0.15) is 0 Å². The Hall–Kier alpha value is -2.35. The third-order valence-corrected chi connectivity index (χ3v) is 5.03. The first-order valence-corrected chi connectivity index (χ1v) is 9.63. The van der Waals surface area contributed by atoms with Crippen LogP contribution in [0.2, 0.25) is 0 Å². The second-order valence-electron chi connectivity index (χ2n) is 6.97. The summed E-state index contributed by atoms with van der Waals surface area (Å²) in [6.45, 7) is 4.98. The molecule has 8 heteroatoms. The molecule has 8 nitrogen and oxygen atoms in total. The van der Waals surface area contributed by atoms with Gasteiger partial charge >= 0.3 is 6.16 Å². The van der Waals surface area contributed by atoms with Crippen LogP contribution in [-0.4, -0.2) is 70.9 Å². The number of pyridine rings is 1. The van der Waals surface area contributed by atoms with E-state index in [-0.39, 0.29) is 5.91 Å². The van der Waals surface area contributed by atoms with Crippen molar-refractivity contribution in [1.82, 2.24) is 15.2 Å². The van der Waals surface area contributed by atoms with E-state index in [0.29, 0.717) is 12.5 Å². The lowest BCUT2D eigenvalue weighted by Crippen LogP contribution is -2.47. The smallest absolute Gasteiger partial charge is 0.450 e. The number of carbonyl (C=O) groups is 2. The molecule has 0 spiro atoms. The van der Waals surface area contributed by atoms with Crippen LogP contribution in [0.15, 0.2) is 24.5 Å². The van der Waals surface area contributed by atoms with E-state index in [9.17, 15) is 4.79 Å². The summed E-state index contributed by atoms with van der Waals surface area (Å²) >= 11 is 0. The first kappa shape index (κ1) is 21.0. The SMILES string of the molecule is O=C(CCN1CCN(c2ccncc2)CC1)NC1CCCCC1.O=C(O)O. The molecule has 0 bridgehead atoms. The zero-order chi connectivity index (χ0) is 19.5. The Morgan fingerprint density at radius 3 is 2.22 bits per heavy atom. The minimum atomic E-state index is -1.83. The van der Waals surface area contributed by atoms with Crippen LogP contribution < -0.4 is 10.2 Å². The van der Waals surface area contributed by atoms with Crippen molar-refractivity contribution in [2.24, 2.45) is 0 Å². The second-order valence-corrected chi connectivity index (χ2v) is 6.97. The topological polar surface area (TPSA) is 106 Å². The number of anilines is 1. The Balaban J connectivity index is 0.000000596. The first-order valence-electron chi connectivity index (χ1n) is 9.63. The molecular formula is C19H30N4O4. The molecule has 2 heterocycles. The quantitative estimate of drug-likeness (QED) is 0.721. The molecule has 1 amide bonds. The number of carboxylic acid groups (broad SMARTS) is 2. The Labute approximate surface area is 160 Å². The molecular weight excluding hydrogens is 348 g/mol. The average molecular weight is 378 g/mol. The van der Waals surface area contributed by atoms with Crippen LogP contribution in [0.4, 0.5) is 10.5 Å². The summed E-state index contributed by atoms with van der Waals surface area (Å²) in [5, 5.41) is 17.2. The summed E-state index contributed by atoms with van der Waals surface area (Å²) in [5.74, 6) is 0.230. The molecule has 1 aliphatic carbocycles. The molecule has 3 N–H and O–H groups in total. The van der Waals surface area contributed by atoms with Crippen LogP contribution in [0.1, 0.15) is 38.5 Å². The molecule has 1 aliphatic heterocycles. The van der Waals surface area contributed by atoms with Crippen molar-refractivity contribution >= 4 is 17.7 Å². The predicted molar refractivity (Wildman–Crippen MR) is 103 cm³/mol. The van der Waals surface area contributed by atoms with Gasteiger partial charge in [-0.1, -0.05) is 19.3 Å². The minimum absolute atomic E-state index is 0.230. The van der Waals surface area contributed by atoms with Crippen molar-refractivity contribution in [3.05, 3.63) is 24.5 Å². The fourth-order valence-corrected chi connectivity index (χ4v) is 3.59. The van der Waals surface area contributed by atoms with E-state index in [1.54, 1.807) is 0 Å². The number of nitrogens with one attached hydrogen (secondary N) is 1. The molecule has 27 heavy (non-hydrogen) atoms. The van der Waals surface area contributed by atoms with Crippen LogP contribution in [0.5, 0.6) is 0 Å². The highest BCUT2D eigenvalue weighted by Gasteiger charge is 2.19. The maximum atomic E-state index is 12.1. The van der Waals surface area contributed by atoms with Crippen molar-refractivity contribution < 1.29 is 19.8 Å². The van der Waals surface area contributed by atoms with Gasteiger partial charge in [0.05, 0.1) is 0 Å². The Bertz CT molecular complexity index is 566. The summed E-state index contributed by atoms with van der Waals surface area (Å²) in [6, 6.07) is 4.56. The molecule has 3 rings (SSSR count). The molecule has 0 radical (unpaired) electrons. The zero-order valence-corrected chi connectivity index (χ0v) is 15.7. The maximum absolute atomic E-state index is 12.1. The minimum Gasteiger partial charge on any atom is -0.450 e. The van der Waals surface area contributed by atoms with Crippen molar-refractivity contribution in [1.29, 1.82) is 0 Å². The van der Waals surface area contributed by atoms with Crippen LogP contribution in [-0.2, 0) is 4.79 Å². The van der Waals surface area contributed by atoms with Gasteiger partial charge in [0.25, 0.3) is 0 Å². The van der Waals surface area contributed by atoms with Crippen molar-refractivity contribution in [3.63, 3.8) is 0 Å². The number of rotatable bonds is 5. The van der Waals surface area contributed by atoms with Crippen LogP contribution in [0.25, 0.3) is 0 Å². The van der Waals surface area contributed by atoms with Gasteiger partial charge in [-0.15, -0.1) is 0 Å². The van der Waals surface area contributed by atoms with Gasteiger partial charge in [0.15, 0.2) is 0 Å². The number of hydrogen-bond donors (Lipinski definition) is 3. The van der Waals surface area contributed by atoms with Gasteiger partial charge in [-0.3, -0.25) is 14.7 Å². The summed E-state index contributed by atoms with van der Waals surface area (Å²) in [4.78, 5) is 29.5.